The third-order valence-electron chi connectivity index (χ3n) is 2.60. The van der Waals surface area contributed by atoms with E-state index in [2.05, 4.69) is 17.6 Å². The molecule has 1 aliphatic rings. The molecule has 1 unspecified atom stereocenters. The van der Waals surface area contributed by atoms with Crippen LogP contribution in [0.5, 0.6) is 0 Å². The molecule has 1 aromatic carbocycles. The number of hydrazine groups is 1. The lowest BCUT2D eigenvalue weighted by Crippen LogP contribution is -2.33. The van der Waals surface area contributed by atoms with Crippen molar-refractivity contribution in [2.24, 2.45) is 5.73 Å². The van der Waals surface area contributed by atoms with Gasteiger partial charge in [-0.1, -0.05) is 12.1 Å². The van der Waals surface area contributed by atoms with Gasteiger partial charge >= 0.3 is 0 Å². The molecule has 4 heteroatoms. The third-order valence-corrected chi connectivity index (χ3v) is 2.60. The average Bonchev–Trinajstić information content (AvgIpc) is 2.64. The maximum atomic E-state index is 11.1. The molecule has 0 saturated carbocycles. The number of nitrogens with two attached hydrogens (primary N) is 1. The Morgan fingerprint density at radius 2 is 2.38 bits per heavy atom. The van der Waals surface area contributed by atoms with E-state index in [9.17, 15) is 4.79 Å². The normalized spacial score (nSPS) is 17.4. The Balaban J connectivity index is 2.12. The van der Waals surface area contributed by atoms with Crippen LogP contribution in [0.25, 0.3) is 0 Å². The number of anilines is 1. The zero-order valence-corrected chi connectivity index (χ0v) is 9.44. The standard InChI is InChI=1S/C12H17N3O/c1-9(13)7-10-3-2-4-11(8-10)15-6-5-12(16)14-15/h2-4,8-9H,5-7,13H2,1H3,(H,14,16). The Bertz CT molecular complexity index is 390. The van der Waals surface area contributed by atoms with Crippen LogP contribution in [0.4, 0.5) is 5.69 Å². The summed E-state index contributed by atoms with van der Waals surface area (Å²) in [4.78, 5) is 11.1. The first kappa shape index (κ1) is 11.0. The van der Waals surface area contributed by atoms with Gasteiger partial charge in [0.2, 0.25) is 5.91 Å². The summed E-state index contributed by atoms with van der Waals surface area (Å²) < 4.78 is 0. The van der Waals surface area contributed by atoms with Crippen LogP contribution < -0.4 is 16.2 Å². The summed E-state index contributed by atoms with van der Waals surface area (Å²) in [5.74, 6) is 0.0811. The molecule has 1 saturated heterocycles. The van der Waals surface area contributed by atoms with Crippen LogP contribution in [0.15, 0.2) is 24.3 Å². The van der Waals surface area contributed by atoms with Gasteiger partial charge < -0.3 is 5.73 Å². The minimum Gasteiger partial charge on any atom is -0.328 e. The van der Waals surface area contributed by atoms with Crippen molar-refractivity contribution in [2.45, 2.75) is 25.8 Å². The lowest BCUT2D eigenvalue weighted by atomic mass is 10.1. The number of rotatable bonds is 3. The summed E-state index contributed by atoms with van der Waals surface area (Å²) in [7, 11) is 0. The Morgan fingerprint density at radius 3 is 3.00 bits per heavy atom. The Hall–Kier alpha value is -1.55. The molecule has 1 aromatic rings. The predicted octanol–water partition coefficient (Wildman–Crippen LogP) is 0.818. The number of nitrogens with one attached hydrogen (secondary N) is 1. The molecule has 4 nitrogen and oxygen atoms in total. The van der Waals surface area contributed by atoms with Gasteiger partial charge in [0.15, 0.2) is 0 Å². The molecule has 1 amide bonds. The molecule has 1 atom stereocenters. The zero-order chi connectivity index (χ0) is 11.5. The number of carbonyl (C=O) groups excluding carboxylic acids is 1. The highest BCUT2D eigenvalue weighted by Gasteiger charge is 2.18. The van der Waals surface area contributed by atoms with Crippen LogP contribution in [-0.2, 0) is 11.2 Å². The average molecular weight is 219 g/mol. The van der Waals surface area contributed by atoms with Crippen molar-refractivity contribution in [1.29, 1.82) is 0 Å². The van der Waals surface area contributed by atoms with Gasteiger partial charge in [0.05, 0.1) is 5.69 Å². The van der Waals surface area contributed by atoms with Crippen LogP contribution in [-0.4, -0.2) is 18.5 Å². The second-order valence-electron chi connectivity index (χ2n) is 4.29. The van der Waals surface area contributed by atoms with E-state index < -0.39 is 0 Å². The van der Waals surface area contributed by atoms with Crippen molar-refractivity contribution in [3.8, 4) is 0 Å². The quantitative estimate of drug-likeness (QED) is 0.791. The topological polar surface area (TPSA) is 58.4 Å². The minimum atomic E-state index is 0.0811. The largest absolute Gasteiger partial charge is 0.328 e. The first-order chi connectivity index (χ1) is 7.65. The number of hydrogen-bond donors (Lipinski definition) is 2. The van der Waals surface area contributed by atoms with E-state index in [4.69, 9.17) is 5.73 Å². The third kappa shape index (κ3) is 2.52. The lowest BCUT2D eigenvalue weighted by molar-refractivity contribution is -0.119. The van der Waals surface area contributed by atoms with Crippen LogP contribution in [0.2, 0.25) is 0 Å². The molecule has 0 aliphatic carbocycles. The Morgan fingerprint density at radius 1 is 1.56 bits per heavy atom. The maximum Gasteiger partial charge on any atom is 0.240 e. The van der Waals surface area contributed by atoms with Crippen LogP contribution in [0.3, 0.4) is 0 Å². The monoisotopic (exact) mass is 219 g/mol. The molecule has 16 heavy (non-hydrogen) atoms. The molecular formula is C12H17N3O. The first-order valence-corrected chi connectivity index (χ1v) is 5.56. The number of hydrogen-bond acceptors (Lipinski definition) is 3. The molecule has 3 N–H and O–H groups in total. The van der Waals surface area contributed by atoms with E-state index in [0.29, 0.717) is 6.42 Å². The number of carbonyl (C=O) groups is 1. The summed E-state index contributed by atoms with van der Waals surface area (Å²) in [6.45, 7) is 2.73. The van der Waals surface area contributed by atoms with E-state index >= 15 is 0 Å². The van der Waals surface area contributed by atoms with Crippen LogP contribution in [0.1, 0.15) is 18.9 Å². The van der Waals surface area contributed by atoms with Crippen molar-refractivity contribution in [3.63, 3.8) is 0 Å². The highest BCUT2D eigenvalue weighted by atomic mass is 16.2. The van der Waals surface area contributed by atoms with Crippen molar-refractivity contribution in [3.05, 3.63) is 29.8 Å². The Labute approximate surface area is 95.4 Å². The predicted molar refractivity (Wildman–Crippen MR) is 63.9 cm³/mol. The highest BCUT2D eigenvalue weighted by molar-refractivity contribution is 5.81. The molecule has 2 rings (SSSR count). The van der Waals surface area contributed by atoms with Gasteiger partial charge in [-0.2, -0.15) is 0 Å². The van der Waals surface area contributed by atoms with E-state index in [1.165, 1.54) is 5.56 Å². The molecule has 0 bridgehead atoms. The first-order valence-electron chi connectivity index (χ1n) is 5.56. The second kappa shape index (κ2) is 4.53. The molecule has 1 fully saturated rings. The van der Waals surface area contributed by atoms with Gasteiger partial charge in [-0.05, 0) is 31.0 Å². The molecular weight excluding hydrogens is 202 g/mol. The molecule has 86 valence electrons. The Kier molecular flexibility index (Phi) is 3.10. The summed E-state index contributed by atoms with van der Waals surface area (Å²) in [5, 5.41) is 1.88. The number of nitrogens with zero attached hydrogens (tertiary/aromatic N) is 1. The van der Waals surface area contributed by atoms with Crippen molar-refractivity contribution < 1.29 is 4.79 Å². The maximum absolute atomic E-state index is 11.1. The van der Waals surface area contributed by atoms with E-state index in [1.54, 1.807) is 0 Å². The van der Waals surface area contributed by atoms with Gasteiger partial charge in [-0.3, -0.25) is 15.2 Å². The highest BCUT2D eigenvalue weighted by Crippen LogP contribution is 2.18. The molecule has 0 aromatic heterocycles. The fourth-order valence-electron chi connectivity index (χ4n) is 1.89. The summed E-state index contributed by atoms with van der Waals surface area (Å²) >= 11 is 0. The van der Waals surface area contributed by atoms with Gasteiger partial charge in [-0.25, -0.2) is 0 Å². The zero-order valence-electron chi connectivity index (χ0n) is 9.44. The van der Waals surface area contributed by atoms with Crippen molar-refractivity contribution in [2.75, 3.05) is 11.6 Å². The minimum absolute atomic E-state index is 0.0811. The van der Waals surface area contributed by atoms with Gasteiger partial charge in [0.1, 0.15) is 0 Å². The van der Waals surface area contributed by atoms with Gasteiger partial charge in [-0.15, -0.1) is 0 Å². The SMILES string of the molecule is CC(N)Cc1cccc(N2CCC(=O)N2)c1. The number of amides is 1. The number of benzene rings is 1. The molecule has 1 aliphatic heterocycles. The molecule has 1 heterocycles. The van der Waals surface area contributed by atoms with Crippen molar-refractivity contribution >= 4 is 11.6 Å². The second-order valence-corrected chi connectivity index (χ2v) is 4.29. The lowest BCUT2D eigenvalue weighted by Gasteiger charge is -2.18. The van der Waals surface area contributed by atoms with Gasteiger partial charge in [0, 0.05) is 19.0 Å². The van der Waals surface area contributed by atoms with Crippen LogP contribution >= 0.6 is 0 Å². The van der Waals surface area contributed by atoms with E-state index in [-0.39, 0.29) is 11.9 Å². The summed E-state index contributed by atoms with van der Waals surface area (Å²) in [5.41, 5.74) is 10.8. The van der Waals surface area contributed by atoms with Crippen LogP contribution in [0, 0.1) is 0 Å². The molecule has 0 spiro atoms. The van der Waals surface area contributed by atoms with E-state index in [0.717, 1.165) is 18.7 Å². The smallest absolute Gasteiger partial charge is 0.240 e. The van der Waals surface area contributed by atoms with Gasteiger partial charge in [0.25, 0.3) is 0 Å². The summed E-state index contributed by atoms with van der Waals surface area (Å²) in [6.07, 6.45) is 1.42. The fourth-order valence-corrected chi connectivity index (χ4v) is 1.89. The van der Waals surface area contributed by atoms with Crippen molar-refractivity contribution in [1.82, 2.24) is 5.43 Å². The molecule has 0 radical (unpaired) electrons. The van der Waals surface area contributed by atoms with E-state index in [1.807, 2.05) is 24.1 Å². The fraction of sp³-hybridized carbons (Fsp3) is 0.417. The summed E-state index contributed by atoms with van der Waals surface area (Å²) in [6, 6.07) is 8.29.